The zero-order chi connectivity index (χ0) is 15.7. The molecule has 2 heterocycles. The van der Waals surface area contributed by atoms with Gasteiger partial charge in [-0.05, 0) is 24.1 Å². The fraction of sp³-hybridized carbons (Fsp3) is 0.176. The van der Waals surface area contributed by atoms with Gasteiger partial charge in [0, 0.05) is 15.7 Å². The Balaban J connectivity index is 2.00. The fourth-order valence-corrected chi connectivity index (χ4v) is 3.77. The van der Waals surface area contributed by atoms with E-state index in [0.29, 0.717) is 5.56 Å². The molecule has 5 heteroatoms. The first-order chi connectivity index (χ1) is 10.6. The monoisotopic (exact) mass is 311 g/mol. The number of nitrogens with zero attached hydrogens (tertiary/aromatic N) is 1. The summed E-state index contributed by atoms with van der Waals surface area (Å²) in [6.07, 6.45) is 1.49. The Labute approximate surface area is 133 Å². The second kappa shape index (κ2) is 5.77. The van der Waals surface area contributed by atoms with Crippen molar-refractivity contribution in [3.63, 3.8) is 0 Å². The molecule has 22 heavy (non-hydrogen) atoms. The van der Waals surface area contributed by atoms with Crippen LogP contribution in [0.4, 0.5) is 0 Å². The summed E-state index contributed by atoms with van der Waals surface area (Å²) in [7, 11) is 0. The minimum Gasteiger partial charge on any atom is -0.365 e. The molecule has 1 aromatic carbocycles. The number of carbonyl (C=O) groups excluding carboxylic acids is 1. The molecule has 3 rings (SSSR count). The summed E-state index contributed by atoms with van der Waals surface area (Å²) in [4.78, 5) is 14.0. The van der Waals surface area contributed by atoms with Gasteiger partial charge < -0.3 is 5.73 Å². The standard InChI is InChI=1S/C17H17N3OS/c1-10(16-14(17(18)21)9-19-20-16)13-8-15(22-11(13)2)12-6-4-3-5-7-12/h3-10H,1-2H3,(H2,18,21)(H,19,20). The van der Waals surface area contributed by atoms with Gasteiger partial charge in [0.05, 0.1) is 17.5 Å². The lowest BCUT2D eigenvalue weighted by Crippen LogP contribution is -2.14. The van der Waals surface area contributed by atoms with Crippen LogP contribution in [0.5, 0.6) is 0 Å². The summed E-state index contributed by atoms with van der Waals surface area (Å²) in [5.41, 5.74) is 9.03. The molecule has 3 aromatic rings. The van der Waals surface area contributed by atoms with E-state index < -0.39 is 5.91 Å². The molecule has 0 saturated carbocycles. The van der Waals surface area contributed by atoms with Crippen molar-refractivity contribution in [3.05, 3.63) is 64.3 Å². The van der Waals surface area contributed by atoms with E-state index >= 15 is 0 Å². The van der Waals surface area contributed by atoms with Gasteiger partial charge in [0.25, 0.3) is 5.91 Å². The Morgan fingerprint density at radius 2 is 2.05 bits per heavy atom. The fourth-order valence-electron chi connectivity index (χ4n) is 2.65. The number of rotatable bonds is 4. The highest BCUT2D eigenvalue weighted by atomic mass is 32.1. The maximum atomic E-state index is 11.5. The number of hydrogen-bond donors (Lipinski definition) is 2. The van der Waals surface area contributed by atoms with E-state index in [9.17, 15) is 4.79 Å². The number of amides is 1. The number of H-pyrrole nitrogens is 1. The third kappa shape index (κ3) is 2.55. The van der Waals surface area contributed by atoms with Crippen molar-refractivity contribution in [1.82, 2.24) is 10.2 Å². The van der Waals surface area contributed by atoms with Crippen LogP contribution < -0.4 is 5.73 Å². The van der Waals surface area contributed by atoms with E-state index in [-0.39, 0.29) is 5.92 Å². The summed E-state index contributed by atoms with van der Waals surface area (Å²) in [6.45, 7) is 4.16. The Hall–Kier alpha value is -2.40. The molecule has 0 aliphatic rings. The summed E-state index contributed by atoms with van der Waals surface area (Å²) in [5.74, 6) is -0.412. The molecule has 3 N–H and O–H groups in total. The summed E-state index contributed by atoms with van der Waals surface area (Å²) in [5, 5.41) is 6.88. The van der Waals surface area contributed by atoms with Crippen LogP contribution in [0.3, 0.4) is 0 Å². The number of nitrogens with two attached hydrogens (primary N) is 1. The van der Waals surface area contributed by atoms with Crippen LogP contribution in [0.25, 0.3) is 10.4 Å². The number of aromatic nitrogens is 2. The number of benzene rings is 1. The van der Waals surface area contributed by atoms with Crippen molar-refractivity contribution in [2.24, 2.45) is 5.73 Å². The molecule has 0 fully saturated rings. The lowest BCUT2D eigenvalue weighted by Gasteiger charge is -2.10. The Bertz CT molecular complexity index is 804. The van der Waals surface area contributed by atoms with Crippen LogP contribution in [0.15, 0.2) is 42.6 Å². The molecular weight excluding hydrogens is 294 g/mol. The van der Waals surface area contributed by atoms with E-state index in [4.69, 9.17) is 5.73 Å². The van der Waals surface area contributed by atoms with Gasteiger partial charge in [-0.25, -0.2) is 0 Å². The number of primary amides is 1. The second-order valence-electron chi connectivity index (χ2n) is 5.27. The topological polar surface area (TPSA) is 71.8 Å². The molecule has 0 aliphatic heterocycles. The molecule has 0 aliphatic carbocycles. The number of hydrogen-bond acceptors (Lipinski definition) is 3. The molecule has 0 saturated heterocycles. The van der Waals surface area contributed by atoms with Gasteiger partial charge in [0.15, 0.2) is 0 Å². The van der Waals surface area contributed by atoms with Crippen molar-refractivity contribution in [3.8, 4) is 10.4 Å². The SMILES string of the molecule is Cc1sc(-c2ccccc2)cc1C(C)c1[nH]ncc1C(N)=O. The highest BCUT2D eigenvalue weighted by Gasteiger charge is 2.21. The minimum atomic E-state index is -0.452. The molecule has 4 nitrogen and oxygen atoms in total. The average molecular weight is 311 g/mol. The predicted molar refractivity (Wildman–Crippen MR) is 89.1 cm³/mol. The minimum absolute atomic E-state index is 0.0405. The number of aromatic amines is 1. The number of carbonyl (C=O) groups is 1. The summed E-state index contributed by atoms with van der Waals surface area (Å²) in [6, 6.07) is 12.5. The summed E-state index contributed by atoms with van der Waals surface area (Å²) < 4.78 is 0. The first-order valence-electron chi connectivity index (χ1n) is 7.06. The maximum Gasteiger partial charge on any atom is 0.252 e. The Morgan fingerprint density at radius 3 is 2.73 bits per heavy atom. The largest absolute Gasteiger partial charge is 0.365 e. The first-order valence-corrected chi connectivity index (χ1v) is 7.88. The van der Waals surface area contributed by atoms with Crippen LogP contribution in [0.1, 0.15) is 39.3 Å². The lowest BCUT2D eigenvalue weighted by molar-refractivity contribution is 0.0999. The smallest absolute Gasteiger partial charge is 0.252 e. The van der Waals surface area contributed by atoms with Gasteiger partial charge in [0.1, 0.15) is 0 Å². The van der Waals surface area contributed by atoms with E-state index in [0.717, 1.165) is 5.69 Å². The summed E-state index contributed by atoms with van der Waals surface area (Å²) >= 11 is 1.76. The number of thiophene rings is 1. The molecule has 0 bridgehead atoms. The molecule has 1 unspecified atom stereocenters. The second-order valence-corrected chi connectivity index (χ2v) is 6.53. The van der Waals surface area contributed by atoms with Crippen LogP contribution in [0.2, 0.25) is 0 Å². The quantitative estimate of drug-likeness (QED) is 0.771. The number of aryl methyl sites for hydroxylation is 1. The molecule has 0 radical (unpaired) electrons. The maximum absolute atomic E-state index is 11.5. The van der Waals surface area contributed by atoms with E-state index in [2.05, 4.69) is 42.2 Å². The van der Waals surface area contributed by atoms with E-state index in [1.54, 1.807) is 11.3 Å². The Kier molecular flexibility index (Phi) is 3.81. The van der Waals surface area contributed by atoms with E-state index in [1.165, 1.54) is 27.1 Å². The van der Waals surface area contributed by atoms with Gasteiger partial charge in [-0.15, -0.1) is 11.3 Å². The van der Waals surface area contributed by atoms with Gasteiger partial charge in [0.2, 0.25) is 0 Å². The Morgan fingerprint density at radius 1 is 1.32 bits per heavy atom. The lowest BCUT2D eigenvalue weighted by atomic mass is 9.95. The molecule has 2 aromatic heterocycles. The normalized spacial score (nSPS) is 12.3. The zero-order valence-corrected chi connectivity index (χ0v) is 13.3. The molecule has 112 valence electrons. The molecule has 0 spiro atoms. The zero-order valence-electron chi connectivity index (χ0n) is 12.5. The van der Waals surface area contributed by atoms with E-state index in [1.807, 2.05) is 18.2 Å². The molecule has 1 atom stereocenters. The van der Waals surface area contributed by atoms with Crippen LogP contribution >= 0.6 is 11.3 Å². The van der Waals surface area contributed by atoms with Crippen molar-refractivity contribution in [1.29, 1.82) is 0 Å². The van der Waals surface area contributed by atoms with Crippen molar-refractivity contribution in [2.75, 3.05) is 0 Å². The van der Waals surface area contributed by atoms with Gasteiger partial charge >= 0.3 is 0 Å². The highest BCUT2D eigenvalue weighted by Crippen LogP contribution is 2.37. The van der Waals surface area contributed by atoms with Crippen LogP contribution in [-0.4, -0.2) is 16.1 Å². The third-order valence-electron chi connectivity index (χ3n) is 3.85. The van der Waals surface area contributed by atoms with Crippen molar-refractivity contribution >= 4 is 17.2 Å². The van der Waals surface area contributed by atoms with Crippen molar-refractivity contribution in [2.45, 2.75) is 19.8 Å². The predicted octanol–water partition coefficient (Wildman–Crippen LogP) is 3.70. The first kappa shape index (κ1) is 14.5. The highest BCUT2D eigenvalue weighted by molar-refractivity contribution is 7.15. The average Bonchev–Trinajstić information content (AvgIpc) is 3.14. The van der Waals surface area contributed by atoms with Crippen LogP contribution in [-0.2, 0) is 0 Å². The van der Waals surface area contributed by atoms with Gasteiger partial charge in [-0.2, -0.15) is 5.10 Å². The van der Waals surface area contributed by atoms with Gasteiger partial charge in [-0.1, -0.05) is 37.3 Å². The molecular formula is C17H17N3OS. The van der Waals surface area contributed by atoms with Gasteiger partial charge in [-0.3, -0.25) is 9.89 Å². The molecule has 1 amide bonds. The number of nitrogens with one attached hydrogen (secondary N) is 1. The van der Waals surface area contributed by atoms with Crippen LogP contribution in [0, 0.1) is 6.92 Å². The van der Waals surface area contributed by atoms with Crippen molar-refractivity contribution < 1.29 is 4.79 Å². The third-order valence-corrected chi connectivity index (χ3v) is 4.96.